The van der Waals surface area contributed by atoms with E-state index >= 15 is 0 Å². The van der Waals surface area contributed by atoms with Crippen LogP contribution in [0.4, 0.5) is 13.2 Å². The summed E-state index contributed by atoms with van der Waals surface area (Å²) in [7, 11) is 1.63. The molecule has 1 aliphatic rings. The largest absolute Gasteiger partial charge is 0.416 e. The van der Waals surface area contributed by atoms with Gasteiger partial charge in [-0.1, -0.05) is 12.1 Å². The maximum Gasteiger partial charge on any atom is 0.416 e. The summed E-state index contributed by atoms with van der Waals surface area (Å²) in [6.45, 7) is 4.63. The smallest absolute Gasteiger partial charge is 0.381 e. The topological polar surface area (TPSA) is 54.9 Å². The van der Waals surface area contributed by atoms with Gasteiger partial charge < -0.3 is 20.1 Å². The zero-order chi connectivity index (χ0) is 19.7. The Kier molecular flexibility index (Phi) is 8.37. The molecular weight excluding hydrogens is 359 g/mol. The molecule has 1 aromatic carbocycles. The molecule has 0 aliphatic carbocycles. The Labute approximate surface area is 158 Å². The van der Waals surface area contributed by atoms with Crippen molar-refractivity contribution in [2.45, 2.75) is 44.5 Å². The minimum Gasteiger partial charge on any atom is -0.381 e. The van der Waals surface area contributed by atoms with E-state index in [1.807, 2.05) is 0 Å². The molecule has 0 spiro atoms. The highest BCUT2D eigenvalue weighted by Crippen LogP contribution is 2.30. The molecule has 0 bridgehead atoms. The number of nitrogens with one attached hydrogen (secondary N) is 2. The van der Waals surface area contributed by atoms with Crippen molar-refractivity contribution in [1.29, 1.82) is 0 Å². The molecule has 8 heteroatoms. The van der Waals surface area contributed by atoms with Gasteiger partial charge >= 0.3 is 6.18 Å². The summed E-state index contributed by atoms with van der Waals surface area (Å²) < 4.78 is 49.7. The van der Waals surface area contributed by atoms with Gasteiger partial charge in [0.2, 0.25) is 0 Å². The third-order valence-corrected chi connectivity index (χ3v) is 4.43. The lowest BCUT2D eigenvalue weighted by Gasteiger charge is -2.22. The second kappa shape index (κ2) is 10.5. The van der Waals surface area contributed by atoms with Crippen LogP contribution in [0, 0.1) is 0 Å². The average Bonchev–Trinajstić information content (AvgIpc) is 2.67. The molecule has 0 saturated carbocycles. The highest BCUT2D eigenvalue weighted by Gasteiger charge is 2.30. The molecule has 1 unspecified atom stereocenters. The SMILES string of the molecule is CN=C(NCCCOC1CCOCC1)NC(C)c1cccc(C(F)(F)F)c1. The standard InChI is InChI=1S/C19H28F3N3O2/c1-14(15-5-3-6-16(13-15)19(20,21)22)25-18(23-2)24-9-4-10-27-17-7-11-26-12-8-17/h3,5-6,13-14,17H,4,7-12H2,1-2H3,(H2,23,24,25). The van der Waals surface area contributed by atoms with Crippen LogP contribution >= 0.6 is 0 Å². The minimum atomic E-state index is -4.35. The number of rotatable bonds is 7. The predicted octanol–water partition coefficient (Wildman–Crippen LogP) is 3.52. The molecule has 0 radical (unpaired) electrons. The van der Waals surface area contributed by atoms with Crippen LogP contribution < -0.4 is 10.6 Å². The third kappa shape index (κ3) is 7.38. The van der Waals surface area contributed by atoms with Gasteiger partial charge in [0.05, 0.1) is 17.7 Å². The Morgan fingerprint density at radius 2 is 2.07 bits per heavy atom. The van der Waals surface area contributed by atoms with Gasteiger partial charge in [-0.3, -0.25) is 4.99 Å². The third-order valence-electron chi connectivity index (χ3n) is 4.43. The van der Waals surface area contributed by atoms with Crippen molar-refractivity contribution < 1.29 is 22.6 Å². The zero-order valence-corrected chi connectivity index (χ0v) is 15.8. The molecule has 152 valence electrons. The maximum atomic E-state index is 12.9. The lowest BCUT2D eigenvalue weighted by molar-refractivity contribution is -0.137. The van der Waals surface area contributed by atoms with E-state index in [0.717, 1.165) is 44.6 Å². The van der Waals surface area contributed by atoms with Crippen molar-refractivity contribution in [2.24, 2.45) is 4.99 Å². The number of ether oxygens (including phenoxy) is 2. The van der Waals surface area contributed by atoms with Gasteiger partial charge in [-0.05, 0) is 43.9 Å². The quantitative estimate of drug-likeness (QED) is 0.427. The summed E-state index contributed by atoms with van der Waals surface area (Å²) in [5, 5.41) is 6.28. The first-order valence-electron chi connectivity index (χ1n) is 9.24. The summed E-state index contributed by atoms with van der Waals surface area (Å²) in [6.07, 6.45) is -1.39. The van der Waals surface area contributed by atoms with Crippen molar-refractivity contribution in [1.82, 2.24) is 10.6 Å². The summed E-state index contributed by atoms with van der Waals surface area (Å²) in [5.41, 5.74) is -0.0996. The Morgan fingerprint density at radius 3 is 2.74 bits per heavy atom. The molecule has 1 heterocycles. The first-order valence-corrected chi connectivity index (χ1v) is 9.24. The molecule has 1 aromatic rings. The van der Waals surface area contributed by atoms with E-state index in [9.17, 15) is 13.2 Å². The normalized spacial score (nSPS) is 17.6. The number of guanidine groups is 1. The number of hydrogen-bond donors (Lipinski definition) is 2. The molecular formula is C19H28F3N3O2. The zero-order valence-electron chi connectivity index (χ0n) is 15.8. The van der Waals surface area contributed by atoms with Gasteiger partial charge in [-0.2, -0.15) is 13.2 Å². The second-order valence-electron chi connectivity index (χ2n) is 6.52. The maximum absolute atomic E-state index is 12.9. The fourth-order valence-electron chi connectivity index (χ4n) is 2.84. The molecule has 2 rings (SSSR count). The number of hydrogen-bond acceptors (Lipinski definition) is 3. The molecule has 1 fully saturated rings. The number of benzene rings is 1. The Morgan fingerprint density at radius 1 is 1.33 bits per heavy atom. The van der Waals surface area contributed by atoms with Crippen LogP contribution in [0.1, 0.15) is 43.4 Å². The second-order valence-corrected chi connectivity index (χ2v) is 6.52. The van der Waals surface area contributed by atoms with Crippen LogP contribution in [0.25, 0.3) is 0 Å². The van der Waals surface area contributed by atoms with Gasteiger partial charge in [0.25, 0.3) is 0 Å². The number of alkyl halides is 3. The first-order chi connectivity index (χ1) is 12.9. The van der Waals surface area contributed by atoms with Gasteiger partial charge in [-0.15, -0.1) is 0 Å². The van der Waals surface area contributed by atoms with Crippen LogP contribution in [0.15, 0.2) is 29.3 Å². The highest BCUT2D eigenvalue weighted by atomic mass is 19.4. The van der Waals surface area contributed by atoms with Crippen LogP contribution in [-0.2, 0) is 15.7 Å². The lowest BCUT2D eigenvalue weighted by atomic mass is 10.1. The number of nitrogens with zero attached hydrogens (tertiary/aromatic N) is 1. The van der Waals surface area contributed by atoms with Gasteiger partial charge in [0.15, 0.2) is 5.96 Å². The van der Waals surface area contributed by atoms with Gasteiger partial charge in [-0.25, -0.2) is 0 Å². The average molecular weight is 387 g/mol. The van der Waals surface area contributed by atoms with E-state index in [0.29, 0.717) is 24.7 Å². The molecule has 1 atom stereocenters. The van der Waals surface area contributed by atoms with Crippen LogP contribution in [0.2, 0.25) is 0 Å². The van der Waals surface area contributed by atoms with E-state index in [1.165, 1.54) is 6.07 Å². The lowest BCUT2D eigenvalue weighted by Crippen LogP contribution is -2.39. The van der Waals surface area contributed by atoms with E-state index in [1.54, 1.807) is 20.0 Å². The van der Waals surface area contributed by atoms with Crippen LogP contribution in [-0.4, -0.2) is 45.5 Å². The molecule has 27 heavy (non-hydrogen) atoms. The summed E-state index contributed by atoms with van der Waals surface area (Å²) in [6, 6.07) is 5.01. The van der Waals surface area contributed by atoms with E-state index in [2.05, 4.69) is 15.6 Å². The predicted molar refractivity (Wildman–Crippen MR) is 98.8 cm³/mol. The van der Waals surface area contributed by atoms with Crippen molar-refractivity contribution in [3.8, 4) is 0 Å². The van der Waals surface area contributed by atoms with Gasteiger partial charge in [0.1, 0.15) is 0 Å². The summed E-state index contributed by atoms with van der Waals surface area (Å²) >= 11 is 0. The fourth-order valence-corrected chi connectivity index (χ4v) is 2.84. The Bertz CT molecular complexity index is 602. The Hall–Kier alpha value is -1.80. The van der Waals surface area contributed by atoms with Gasteiger partial charge in [0, 0.05) is 33.4 Å². The molecule has 5 nitrogen and oxygen atoms in total. The fraction of sp³-hybridized carbons (Fsp3) is 0.632. The minimum absolute atomic E-state index is 0.275. The van der Waals surface area contributed by atoms with E-state index in [-0.39, 0.29) is 12.1 Å². The van der Waals surface area contributed by atoms with Crippen molar-refractivity contribution in [3.63, 3.8) is 0 Å². The molecule has 0 aromatic heterocycles. The van der Waals surface area contributed by atoms with Crippen molar-refractivity contribution >= 4 is 5.96 Å². The number of halogens is 3. The molecule has 0 amide bonds. The van der Waals surface area contributed by atoms with Crippen molar-refractivity contribution in [3.05, 3.63) is 35.4 Å². The monoisotopic (exact) mass is 387 g/mol. The summed E-state index contributed by atoms with van der Waals surface area (Å²) in [4.78, 5) is 4.13. The van der Waals surface area contributed by atoms with Crippen molar-refractivity contribution in [2.75, 3.05) is 33.4 Å². The van der Waals surface area contributed by atoms with Crippen LogP contribution in [0.5, 0.6) is 0 Å². The first kappa shape index (κ1) is 21.5. The highest BCUT2D eigenvalue weighted by molar-refractivity contribution is 5.80. The molecule has 1 saturated heterocycles. The van der Waals surface area contributed by atoms with E-state index < -0.39 is 11.7 Å². The molecule has 2 N–H and O–H groups in total. The number of aliphatic imine (C=N–C) groups is 1. The van der Waals surface area contributed by atoms with Crippen LogP contribution in [0.3, 0.4) is 0 Å². The summed E-state index contributed by atoms with van der Waals surface area (Å²) in [5.74, 6) is 0.547. The molecule has 1 aliphatic heterocycles. The Balaban J connectivity index is 1.74. The van der Waals surface area contributed by atoms with E-state index in [4.69, 9.17) is 9.47 Å².